The quantitative estimate of drug-likeness (QED) is 0.465. The molecule has 0 spiro atoms. The van der Waals surface area contributed by atoms with Crippen LogP contribution in [0.1, 0.15) is 31.7 Å². The molecule has 1 heterocycles. The second kappa shape index (κ2) is 5.98. The Labute approximate surface area is 87.3 Å². The Balaban J connectivity index is 2.68. The maximum Gasteiger partial charge on any atom is 0.0730 e. The normalized spacial score (nSPS) is 12.8. The largest absolute Gasteiger partial charge is 0.263 e. The van der Waals surface area contributed by atoms with Crippen LogP contribution in [-0.4, -0.2) is 10.2 Å². The fourth-order valence-electron chi connectivity index (χ4n) is 1.04. The topological polar surface area (TPSA) is 51.6 Å². The van der Waals surface area contributed by atoms with Gasteiger partial charge in [0.2, 0.25) is 0 Å². The van der Waals surface area contributed by atoms with E-state index >= 15 is 0 Å². The smallest absolute Gasteiger partial charge is 0.0730 e. The Morgan fingerprint density at radius 3 is 3.00 bits per heavy atom. The molecule has 0 saturated heterocycles. The van der Waals surface area contributed by atoms with Crippen molar-refractivity contribution in [3.05, 3.63) is 24.0 Å². The van der Waals surface area contributed by atoms with Crippen molar-refractivity contribution in [3.8, 4) is 0 Å². The summed E-state index contributed by atoms with van der Waals surface area (Å²) in [5.74, 6) is 0.470. The average Bonchev–Trinajstić information content (AvgIpc) is 2.25. The van der Waals surface area contributed by atoms with Crippen LogP contribution >= 0.6 is 12.0 Å². The van der Waals surface area contributed by atoms with Crippen molar-refractivity contribution < 1.29 is 14.6 Å². The molecule has 0 aromatic carbocycles. The average molecular weight is 215 g/mol. The van der Waals surface area contributed by atoms with E-state index in [1.54, 1.807) is 6.20 Å². The van der Waals surface area contributed by atoms with Crippen LogP contribution in [0.25, 0.3) is 0 Å². The molecular weight excluding hydrogens is 202 g/mol. The van der Waals surface area contributed by atoms with E-state index in [2.05, 4.69) is 28.2 Å². The van der Waals surface area contributed by atoms with E-state index < -0.39 is 0 Å². The lowest BCUT2D eigenvalue weighted by molar-refractivity contribution is -0.432. The third-order valence-corrected chi connectivity index (χ3v) is 2.62. The summed E-state index contributed by atoms with van der Waals surface area (Å²) in [4.78, 5) is 4.87. The molecule has 4 nitrogen and oxygen atoms in total. The monoisotopic (exact) mass is 215 g/mol. The molecule has 1 unspecified atom stereocenters. The maximum absolute atomic E-state index is 7.99. The maximum atomic E-state index is 7.99. The molecule has 1 N–H and O–H groups in total. The molecule has 0 fully saturated rings. The first kappa shape index (κ1) is 11.5. The van der Waals surface area contributed by atoms with Gasteiger partial charge in [-0.05, 0) is 24.0 Å². The Hall–Kier alpha value is -0.620. The summed E-state index contributed by atoms with van der Waals surface area (Å²) in [5, 5.41) is 11.5. The Kier molecular flexibility index (Phi) is 4.89. The highest BCUT2D eigenvalue weighted by molar-refractivity contribution is 7.94. The van der Waals surface area contributed by atoms with Crippen LogP contribution in [0.4, 0.5) is 0 Å². The molecule has 1 aromatic heterocycles. The van der Waals surface area contributed by atoms with Crippen molar-refractivity contribution in [1.29, 1.82) is 0 Å². The zero-order chi connectivity index (χ0) is 10.4. The molecule has 5 heteroatoms. The minimum Gasteiger partial charge on any atom is -0.263 e. The van der Waals surface area contributed by atoms with E-state index in [9.17, 15) is 0 Å². The zero-order valence-electron chi connectivity index (χ0n) is 8.14. The van der Waals surface area contributed by atoms with Crippen LogP contribution in [0.5, 0.6) is 0 Å². The molecule has 14 heavy (non-hydrogen) atoms. The predicted octanol–water partition coefficient (Wildman–Crippen LogP) is 3.02. The van der Waals surface area contributed by atoms with E-state index in [0.29, 0.717) is 5.92 Å². The van der Waals surface area contributed by atoms with Gasteiger partial charge in [0.15, 0.2) is 0 Å². The van der Waals surface area contributed by atoms with Gasteiger partial charge in [0, 0.05) is 12.4 Å². The van der Waals surface area contributed by atoms with Crippen LogP contribution in [0.15, 0.2) is 23.4 Å². The van der Waals surface area contributed by atoms with Crippen molar-refractivity contribution in [2.75, 3.05) is 0 Å². The van der Waals surface area contributed by atoms with Crippen LogP contribution in [0.3, 0.4) is 0 Å². The third kappa shape index (κ3) is 3.26. The van der Waals surface area contributed by atoms with Gasteiger partial charge < -0.3 is 0 Å². The number of hydrogen-bond acceptors (Lipinski definition) is 5. The molecule has 0 bridgehead atoms. The summed E-state index contributed by atoms with van der Waals surface area (Å²) in [7, 11) is 0. The van der Waals surface area contributed by atoms with E-state index in [4.69, 9.17) is 5.26 Å². The Morgan fingerprint density at radius 2 is 2.36 bits per heavy atom. The molecule has 0 amide bonds. The first-order valence-electron chi connectivity index (χ1n) is 4.37. The number of rotatable bonds is 5. The molecule has 0 radical (unpaired) electrons. The lowest BCUT2D eigenvalue weighted by Gasteiger charge is -2.08. The number of aromatic nitrogens is 1. The SMILES string of the molecule is CCC(C)c1cncc(SOOO)c1. The van der Waals surface area contributed by atoms with Gasteiger partial charge >= 0.3 is 0 Å². The van der Waals surface area contributed by atoms with Crippen LogP contribution in [0.2, 0.25) is 0 Å². The van der Waals surface area contributed by atoms with Crippen molar-refractivity contribution >= 4 is 12.0 Å². The second-order valence-corrected chi connectivity index (χ2v) is 3.76. The molecule has 0 aliphatic rings. The van der Waals surface area contributed by atoms with Gasteiger partial charge in [-0.2, -0.15) is 0 Å². The summed E-state index contributed by atoms with van der Waals surface area (Å²) >= 11 is 0.928. The highest BCUT2D eigenvalue weighted by Crippen LogP contribution is 2.24. The second-order valence-electron chi connectivity index (χ2n) is 2.99. The van der Waals surface area contributed by atoms with E-state index in [1.807, 2.05) is 12.3 Å². The molecule has 0 aliphatic heterocycles. The highest BCUT2D eigenvalue weighted by atomic mass is 32.2. The summed E-state index contributed by atoms with van der Waals surface area (Å²) in [6, 6.07) is 1.96. The van der Waals surface area contributed by atoms with Gasteiger partial charge in [0.05, 0.1) is 16.9 Å². The molecular formula is C9H13NO3S. The molecule has 0 saturated carbocycles. The Morgan fingerprint density at radius 1 is 1.57 bits per heavy atom. The predicted molar refractivity (Wildman–Crippen MR) is 53.6 cm³/mol. The van der Waals surface area contributed by atoms with Crippen LogP contribution < -0.4 is 0 Å². The van der Waals surface area contributed by atoms with Crippen molar-refractivity contribution in [3.63, 3.8) is 0 Å². The lowest BCUT2D eigenvalue weighted by atomic mass is 10.0. The third-order valence-electron chi connectivity index (χ3n) is 2.08. The number of hydrogen-bond donors (Lipinski definition) is 1. The summed E-state index contributed by atoms with van der Waals surface area (Å²) in [5.41, 5.74) is 1.15. The molecule has 0 aliphatic carbocycles. The van der Waals surface area contributed by atoms with Crippen molar-refractivity contribution in [2.45, 2.75) is 31.1 Å². The van der Waals surface area contributed by atoms with Gasteiger partial charge in [-0.25, -0.2) is 5.26 Å². The van der Waals surface area contributed by atoms with Crippen molar-refractivity contribution in [2.24, 2.45) is 0 Å². The Bertz CT molecular complexity index is 283. The highest BCUT2D eigenvalue weighted by Gasteiger charge is 2.05. The minimum absolute atomic E-state index is 0.470. The van der Waals surface area contributed by atoms with E-state index in [1.165, 1.54) is 0 Å². The standard InChI is InChI=1S/C9H13NO3S/c1-3-7(2)8-4-9(6-10-5-8)14-13-12-11/h4-7,11H,3H2,1-2H3. The van der Waals surface area contributed by atoms with Crippen LogP contribution in [0, 0.1) is 0 Å². The summed E-state index contributed by atoms with van der Waals surface area (Å²) in [6.45, 7) is 4.26. The molecule has 1 atom stereocenters. The van der Waals surface area contributed by atoms with Gasteiger partial charge in [0.25, 0.3) is 0 Å². The molecule has 1 rings (SSSR count). The summed E-state index contributed by atoms with van der Waals surface area (Å²) < 4.78 is 4.32. The fourth-order valence-corrected chi connectivity index (χ4v) is 1.44. The first-order valence-corrected chi connectivity index (χ1v) is 5.11. The van der Waals surface area contributed by atoms with Gasteiger partial charge in [-0.3, -0.25) is 4.98 Å². The van der Waals surface area contributed by atoms with E-state index in [0.717, 1.165) is 28.9 Å². The first-order chi connectivity index (χ1) is 6.77. The summed E-state index contributed by atoms with van der Waals surface area (Å²) in [6.07, 6.45) is 4.54. The van der Waals surface area contributed by atoms with Gasteiger partial charge in [-0.1, -0.05) is 18.9 Å². The molecule has 78 valence electrons. The van der Waals surface area contributed by atoms with Crippen LogP contribution in [-0.2, 0) is 9.37 Å². The fraction of sp³-hybridized carbons (Fsp3) is 0.444. The number of nitrogens with zero attached hydrogens (tertiary/aromatic N) is 1. The number of pyridine rings is 1. The van der Waals surface area contributed by atoms with Gasteiger partial charge in [-0.15, -0.1) is 4.33 Å². The minimum atomic E-state index is 0.470. The molecule has 1 aromatic rings. The van der Waals surface area contributed by atoms with Gasteiger partial charge in [0.1, 0.15) is 0 Å². The lowest BCUT2D eigenvalue weighted by Crippen LogP contribution is -1.92. The van der Waals surface area contributed by atoms with Crippen molar-refractivity contribution in [1.82, 2.24) is 4.98 Å². The van der Waals surface area contributed by atoms with E-state index in [-0.39, 0.29) is 0 Å². The zero-order valence-corrected chi connectivity index (χ0v) is 8.95.